The summed E-state index contributed by atoms with van der Waals surface area (Å²) in [7, 11) is 4.82. The topological polar surface area (TPSA) is 39.7 Å². The third-order valence-corrected chi connectivity index (χ3v) is 5.22. The smallest absolute Gasteiger partial charge is 0.164 e. The maximum Gasteiger partial charge on any atom is 0.164 e. The average molecular weight is 458 g/mol. The molecule has 1 fully saturated rings. The molecule has 3 rings (SSSR count). The number of ether oxygens (including phenoxy) is 3. The Bertz CT molecular complexity index is 848. The van der Waals surface area contributed by atoms with E-state index in [0.29, 0.717) is 23.2 Å². The van der Waals surface area contributed by atoms with Crippen molar-refractivity contribution in [2.75, 3.05) is 34.4 Å². The second-order valence-electron chi connectivity index (χ2n) is 7.39. The number of methoxy groups -OCH3 is 3. The second kappa shape index (κ2) is 16.9. The lowest BCUT2D eigenvalue weighted by molar-refractivity contribution is 0.348. The fourth-order valence-electron chi connectivity index (χ4n) is 3.50. The molecule has 2 aromatic carbocycles. The van der Waals surface area contributed by atoms with Crippen LogP contribution in [0.3, 0.4) is 0 Å². The van der Waals surface area contributed by atoms with E-state index in [9.17, 15) is 4.39 Å². The Morgan fingerprint density at radius 1 is 0.909 bits per heavy atom. The van der Waals surface area contributed by atoms with Gasteiger partial charge in [-0.05, 0) is 62.4 Å². The Morgan fingerprint density at radius 3 is 2.15 bits per heavy atom. The molecular formula is C28H40FNO3. The Morgan fingerprint density at radius 2 is 1.55 bits per heavy atom. The van der Waals surface area contributed by atoms with Gasteiger partial charge in [0.25, 0.3) is 0 Å². The highest BCUT2D eigenvalue weighted by molar-refractivity contribution is 5.56. The molecule has 0 spiro atoms. The molecule has 33 heavy (non-hydrogen) atoms. The molecule has 182 valence electrons. The summed E-state index contributed by atoms with van der Waals surface area (Å²) in [6, 6.07) is 10.6. The summed E-state index contributed by atoms with van der Waals surface area (Å²) in [5, 5.41) is 3.38. The molecule has 5 heteroatoms. The lowest BCUT2D eigenvalue weighted by atomic mass is 9.92. The Hall–Kier alpha value is -2.71. The van der Waals surface area contributed by atoms with E-state index < -0.39 is 0 Å². The molecule has 2 aromatic rings. The number of benzene rings is 2. The predicted molar refractivity (Wildman–Crippen MR) is 135 cm³/mol. The van der Waals surface area contributed by atoms with E-state index in [1.807, 2.05) is 32.0 Å². The zero-order valence-corrected chi connectivity index (χ0v) is 21.1. The average Bonchev–Trinajstić information content (AvgIpc) is 3.15. The minimum Gasteiger partial charge on any atom is -0.495 e. The van der Waals surface area contributed by atoms with Crippen LogP contribution >= 0.6 is 0 Å². The molecule has 1 aliphatic rings. The van der Waals surface area contributed by atoms with Gasteiger partial charge in [-0.2, -0.15) is 0 Å². The largest absolute Gasteiger partial charge is 0.495 e. The number of halogens is 1. The monoisotopic (exact) mass is 457 g/mol. The van der Waals surface area contributed by atoms with Gasteiger partial charge in [-0.3, -0.25) is 0 Å². The molecule has 4 nitrogen and oxygen atoms in total. The van der Waals surface area contributed by atoms with Crippen molar-refractivity contribution in [3.63, 3.8) is 0 Å². The normalized spacial score (nSPS) is 14.7. The molecular weight excluding hydrogens is 417 g/mol. The van der Waals surface area contributed by atoms with E-state index >= 15 is 0 Å². The fourth-order valence-corrected chi connectivity index (χ4v) is 3.50. The summed E-state index contributed by atoms with van der Waals surface area (Å²) >= 11 is 0. The van der Waals surface area contributed by atoms with Crippen LogP contribution in [0.25, 0.3) is 0 Å². The Labute approximate surface area is 199 Å². The van der Waals surface area contributed by atoms with Gasteiger partial charge in [-0.1, -0.05) is 44.7 Å². The van der Waals surface area contributed by atoms with Crippen molar-refractivity contribution in [2.45, 2.75) is 58.8 Å². The van der Waals surface area contributed by atoms with Crippen molar-refractivity contribution >= 4 is 0 Å². The summed E-state index contributed by atoms with van der Waals surface area (Å²) in [6.07, 6.45) is 5.53. The van der Waals surface area contributed by atoms with Gasteiger partial charge < -0.3 is 19.5 Å². The highest BCUT2D eigenvalue weighted by Crippen LogP contribution is 2.34. The van der Waals surface area contributed by atoms with Crippen LogP contribution in [-0.4, -0.2) is 34.4 Å². The van der Waals surface area contributed by atoms with Crippen molar-refractivity contribution in [1.29, 1.82) is 0 Å². The summed E-state index contributed by atoms with van der Waals surface area (Å²) in [5.74, 6) is 8.65. The fraction of sp³-hybridized carbons (Fsp3) is 0.500. The van der Waals surface area contributed by atoms with Crippen LogP contribution in [0.4, 0.5) is 4.39 Å². The van der Waals surface area contributed by atoms with Crippen LogP contribution in [0.2, 0.25) is 0 Å². The Balaban J connectivity index is 0.000000311. The lowest BCUT2D eigenvalue weighted by Crippen LogP contribution is -2.13. The van der Waals surface area contributed by atoms with Gasteiger partial charge in [-0.25, -0.2) is 4.39 Å². The molecule has 0 bridgehead atoms. The third-order valence-electron chi connectivity index (χ3n) is 5.22. The van der Waals surface area contributed by atoms with Gasteiger partial charge in [0, 0.05) is 18.6 Å². The van der Waals surface area contributed by atoms with Crippen LogP contribution < -0.4 is 19.5 Å². The predicted octanol–water partition coefficient (Wildman–Crippen LogP) is 6.57. The summed E-state index contributed by atoms with van der Waals surface area (Å²) < 4.78 is 28.4. The van der Waals surface area contributed by atoms with E-state index in [1.54, 1.807) is 39.5 Å². The summed E-state index contributed by atoms with van der Waals surface area (Å²) in [5.41, 5.74) is 2.11. The molecule has 1 atom stereocenters. The SMILES string of the molecule is CC.CCCC#Cc1cc(OC)c(OC)cc1OC.Fc1ccc(C2CCCNCC2)cc1. The number of hydrogen-bond donors (Lipinski definition) is 1. The number of rotatable bonds is 5. The second-order valence-corrected chi connectivity index (χ2v) is 7.39. The first-order chi connectivity index (χ1) is 16.1. The first-order valence-corrected chi connectivity index (χ1v) is 11.9. The number of unbranched alkanes of at least 4 members (excludes halogenated alkanes) is 1. The molecule has 1 aliphatic heterocycles. The number of hydrogen-bond acceptors (Lipinski definition) is 4. The van der Waals surface area contributed by atoms with Crippen molar-refractivity contribution in [3.05, 3.63) is 53.3 Å². The van der Waals surface area contributed by atoms with Crippen molar-refractivity contribution in [2.24, 2.45) is 0 Å². The molecule has 0 radical (unpaired) electrons. The van der Waals surface area contributed by atoms with Crippen LogP contribution in [-0.2, 0) is 0 Å². The minimum atomic E-state index is -0.138. The zero-order chi connectivity index (χ0) is 24.5. The first kappa shape index (κ1) is 28.3. The zero-order valence-electron chi connectivity index (χ0n) is 21.1. The van der Waals surface area contributed by atoms with E-state index in [4.69, 9.17) is 14.2 Å². The van der Waals surface area contributed by atoms with Crippen molar-refractivity contribution in [3.8, 4) is 29.1 Å². The van der Waals surface area contributed by atoms with Crippen molar-refractivity contribution < 1.29 is 18.6 Å². The molecule has 0 aliphatic carbocycles. The molecule has 0 saturated carbocycles. The molecule has 1 saturated heterocycles. The molecule has 0 aromatic heterocycles. The van der Waals surface area contributed by atoms with Gasteiger partial charge in [0.2, 0.25) is 0 Å². The van der Waals surface area contributed by atoms with Crippen LogP contribution in [0.5, 0.6) is 17.2 Å². The maximum absolute atomic E-state index is 12.7. The molecule has 1 unspecified atom stereocenters. The third kappa shape index (κ3) is 9.75. The Kier molecular flexibility index (Phi) is 14.5. The van der Waals surface area contributed by atoms with Gasteiger partial charge in [-0.15, -0.1) is 0 Å². The summed E-state index contributed by atoms with van der Waals surface area (Å²) in [6.45, 7) is 8.31. The van der Waals surface area contributed by atoms with Gasteiger partial charge in [0.15, 0.2) is 11.5 Å². The van der Waals surface area contributed by atoms with Crippen LogP contribution in [0.15, 0.2) is 36.4 Å². The van der Waals surface area contributed by atoms with Gasteiger partial charge in [0.1, 0.15) is 11.6 Å². The standard InChI is InChI=1S/C14H18O3.C12H16FN.C2H6/c1-5-6-7-8-11-9-13(16-3)14(17-4)10-12(11)15-2;13-12-5-3-11(4-6-12)10-2-1-8-14-9-7-10;1-2/h9-10H,5-6H2,1-4H3;3-6,10,14H,1-2,7-9H2;1-2H3. The minimum absolute atomic E-state index is 0.138. The maximum atomic E-state index is 12.7. The van der Waals surface area contributed by atoms with E-state index in [1.165, 1.54) is 24.8 Å². The number of nitrogens with one attached hydrogen (secondary N) is 1. The van der Waals surface area contributed by atoms with Crippen molar-refractivity contribution in [1.82, 2.24) is 5.32 Å². The highest BCUT2D eigenvalue weighted by atomic mass is 19.1. The van der Waals surface area contributed by atoms with Crippen LogP contribution in [0, 0.1) is 17.7 Å². The first-order valence-electron chi connectivity index (χ1n) is 11.9. The summed E-state index contributed by atoms with van der Waals surface area (Å²) in [4.78, 5) is 0. The van der Waals surface area contributed by atoms with E-state index in [-0.39, 0.29) is 5.82 Å². The molecule has 0 amide bonds. The quantitative estimate of drug-likeness (QED) is 0.515. The highest BCUT2D eigenvalue weighted by Gasteiger charge is 2.13. The molecule has 1 heterocycles. The van der Waals surface area contributed by atoms with Gasteiger partial charge in [0.05, 0.1) is 26.9 Å². The van der Waals surface area contributed by atoms with Crippen LogP contribution in [0.1, 0.15) is 69.9 Å². The van der Waals surface area contributed by atoms with E-state index in [2.05, 4.69) is 24.1 Å². The van der Waals surface area contributed by atoms with Gasteiger partial charge >= 0.3 is 0 Å². The molecule has 1 N–H and O–H groups in total. The van der Waals surface area contributed by atoms with E-state index in [0.717, 1.165) is 31.5 Å². The lowest BCUT2D eigenvalue weighted by Gasteiger charge is -2.13.